The molecule has 4 aromatic rings. The van der Waals surface area contributed by atoms with Gasteiger partial charge in [0.15, 0.2) is 0 Å². The molecule has 9 nitrogen and oxygen atoms in total. The monoisotopic (exact) mass is 526 g/mol. The molecule has 1 unspecified atom stereocenters. The number of aromatic amines is 1. The number of imidazole rings is 1. The van der Waals surface area contributed by atoms with E-state index in [4.69, 9.17) is 9.47 Å². The maximum Gasteiger partial charge on any atom is 0.302 e. The zero-order valence-electron chi connectivity index (χ0n) is 22.3. The standard InChI is InChI=1S/C30H30N4O5/c1-5-33(6-2)19-16-14-18(15-17-19)26-25(27(35)24-22(38-3)12-9-13-23(24)39-4)28(36)29(37)34(26)30-31-20-10-7-8-11-21(20)32-30/h7-17,26,35H,5-6H2,1-4H3,(H,31,32)/b27-25+. The number of anilines is 2. The minimum atomic E-state index is -0.953. The summed E-state index contributed by atoms with van der Waals surface area (Å²) in [5, 5.41) is 11.7. The Labute approximate surface area is 226 Å². The van der Waals surface area contributed by atoms with Gasteiger partial charge in [-0.1, -0.05) is 30.3 Å². The van der Waals surface area contributed by atoms with Gasteiger partial charge in [-0.3, -0.25) is 14.5 Å². The molecule has 9 heteroatoms. The summed E-state index contributed by atoms with van der Waals surface area (Å²) in [7, 11) is 2.92. The number of ketones is 1. The predicted octanol–water partition coefficient (Wildman–Crippen LogP) is 5.05. The van der Waals surface area contributed by atoms with Gasteiger partial charge < -0.3 is 24.5 Å². The Morgan fingerprint density at radius 1 is 0.949 bits per heavy atom. The Hall–Kier alpha value is -4.79. The van der Waals surface area contributed by atoms with Crippen molar-refractivity contribution in [2.45, 2.75) is 19.9 Å². The Bertz CT molecular complexity index is 1510. The summed E-state index contributed by atoms with van der Waals surface area (Å²) >= 11 is 0. The van der Waals surface area contributed by atoms with Crippen molar-refractivity contribution in [3.05, 3.63) is 83.4 Å². The molecule has 1 atom stereocenters. The van der Waals surface area contributed by atoms with Gasteiger partial charge >= 0.3 is 5.91 Å². The number of rotatable bonds is 8. The number of para-hydroxylation sites is 2. The fourth-order valence-electron chi connectivity index (χ4n) is 5.10. The first-order valence-electron chi connectivity index (χ1n) is 12.7. The minimum absolute atomic E-state index is 0.0844. The third-order valence-electron chi connectivity index (χ3n) is 7.05. The van der Waals surface area contributed by atoms with Gasteiger partial charge in [0, 0.05) is 18.8 Å². The summed E-state index contributed by atoms with van der Waals surface area (Å²) in [6.07, 6.45) is 0. The van der Waals surface area contributed by atoms with Crippen LogP contribution in [0.4, 0.5) is 11.6 Å². The van der Waals surface area contributed by atoms with Crippen LogP contribution in [0.15, 0.2) is 72.3 Å². The van der Waals surface area contributed by atoms with E-state index in [1.807, 2.05) is 48.5 Å². The molecule has 0 radical (unpaired) electrons. The summed E-state index contributed by atoms with van der Waals surface area (Å²) in [5.74, 6) is -1.21. The quantitative estimate of drug-likeness (QED) is 0.188. The van der Waals surface area contributed by atoms with Crippen molar-refractivity contribution in [3.8, 4) is 11.5 Å². The Kier molecular flexibility index (Phi) is 6.98. The largest absolute Gasteiger partial charge is 0.506 e. The molecular weight excluding hydrogens is 496 g/mol. The molecule has 1 aromatic heterocycles. The number of H-pyrrole nitrogens is 1. The zero-order chi connectivity index (χ0) is 27.7. The first-order valence-corrected chi connectivity index (χ1v) is 12.7. The molecule has 2 N–H and O–H groups in total. The topological polar surface area (TPSA) is 108 Å². The number of carbonyl (C=O) groups excluding carboxylic acids is 2. The number of aliphatic hydroxyl groups is 1. The van der Waals surface area contributed by atoms with E-state index in [-0.39, 0.29) is 22.8 Å². The maximum absolute atomic E-state index is 13.6. The lowest BCUT2D eigenvalue weighted by Gasteiger charge is -2.25. The number of amides is 1. The van der Waals surface area contributed by atoms with E-state index in [1.165, 1.54) is 19.1 Å². The molecule has 0 aliphatic carbocycles. The average molecular weight is 527 g/mol. The molecule has 39 heavy (non-hydrogen) atoms. The second kappa shape index (κ2) is 10.5. The van der Waals surface area contributed by atoms with E-state index < -0.39 is 17.7 Å². The molecule has 2 heterocycles. The number of benzene rings is 3. The molecule has 1 aliphatic heterocycles. The number of aromatic nitrogens is 2. The molecule has 200 valence electrons. The Morgan fingerprint density at radius 3 is 2.18 bits per heavy atom. The van der Waals surface area contributed by atoms with Crippen LogP contribution in [0.1, 0.15) is 31.0 Å². The molecule has 0 saturated carbocycles. The van der Waals surface area contributed by atoms with Gasteiger partial charge in [0.1, 0.15) is 22.8 Å². The molecular formula is C30H30N4O5. The SMILES string of the molecule is CCN(CC)c1ccc(C2/C(=C(\O)c3c(OC)cccc3OC)C(=O)C(=O)N2c2nc3ccccc3[nH]2)cc1. The van der Waals surface area contributed by atoms with Crippen molar-refractivity contribution in [1.82, 2.24) is 9.97 Å². The Balaban J connectivity index is 1.74. The maximum atomic E-state index is 13.6. The molecule has 5 rings (SSSR count). The summed E-state index contributed by atoms with van der Waals surface area (Å²) in [4.78, 5) is 38.5. The minimum Gasteiger partial charge on any atom is -0.506 e. The molecule has 1 aliphatic rings. The molecule has 1 amide bonds. The van der Waals surface area contributed by atoms with Crippen molar-refractivity contribution in [2.24, 2.45) is 0 Å². The summed E-state index contributed by atoms with van der Waals surface area (Å²) in [5.41, 5.74) is 3.12. The fraction of sp³-hybridized carbons (Fsp3) is 0.233. The number of hydrogen-bond donors (Lipinski definition) is 2. The highest BCUT2D eigenvalue weighted by Gasteiger charge is 2.48. The van der Waals surface area contributed by atoms with Gasteiger partial charge in [-0.05, 0) is 55.8 Å². The van der Waals surface area contributed by atoms with E-state index in [0.29, 0.717) is 22.6 Å². The second-order valence-corrected chi connectivity index (χ2v) is 9.05. The third kappa shape index (κ3) is 4.35. The number of carbonyl (C=O) groups is 2. The van der Waals surface area contributed by atoms with Crippen LogP contribution >= 0.6 is 0 Å². The smallest absolute Gasteiger partial charge is 0.302 e. The van der Waals surface area contributed by atoms with Gasteiger partial charge in [0.25, 0.3) is 5.78 Å². The van der Waals surface area contributed by atoms with Crippen LogP contribution in [0.25, 0.3) is 16.8 Å². The normalized spacial score (nSPS) is 16.6. The molecule has 3 aromatic carbocycles. The van der Waals surface area contributed by atoms with Crippen molar-refractivity contribution in [3.63, 3.8) is 0 Å². The molecule has 0 spiro atoms. The van der Waals surface area contributed by atoms with Crippen molar-refractivity contribution in [2.75, 3.05) is 37.1 Å². The lowest BCUT2D eigenvalue weighted by Crippen LogP contribution is -2.30. The van der Waals surface area contributed by atoms with Crippen LogP contribution < -0.4 is 19.3 Å². The number of ether oxygens (including phenoxy) is 2. The first kappa shape index (κ1) is 25.8. The number of nitrogens with one attached hydrogen (secondary N) is 1. The molecule has 1 saturated heterocycles. The first-order chi connectivity index (χ1) is 18.9. The van der Waals surface area contributed by atoms with E-state index in [0.717, 1.165) is 24.3 Å². The predicted molar refractivity (Wildman–Crippen MR) is 150 cm³/mol. The van der Waals surface area contributed by atoms with Crippen LogP contribution in [0.3, 0.4) is 0 Å². The second-order valence-electron chi connectivity index (χ2n) is 9.05. The number of nitrogens with zero attached hydrogens (tertiary/aromatic N) is 3. The number of aliphatic hydroxyl groups excluding tert-OH is 1. The van der Waals surface area contributed by atoms with Crippen molar-refractivity contribution < 1.29 is 24.2 Å². The summed E-state index contributed by atoms with van der Waals surface area (Å²) in [6, 6.07) is 19.1. The molecule has 1 fully saturated rings. The average Bonchev–Trinajstić information content (AvgIpc) is 3.51. The van der Waals surface area contributed by atoms with E-state index in [1.54, 1.807) is 18.2 Å². The number of hydrogen-bond acceptors (Lipinski definition) is 7. The molecule has 0 bridgehead atoms. The summed E-state index contributed by atoms with van der Waals surface area (Å²) in [6.45, 7) is 5.82. The highest BCUT2D eigenvalue weighted by Crippen LogP contribution is 2.45. The third-order valence-corrected chi connectivity index (χ3v) is 7.05. The lowest BCUT2D eigenvalue weighted by atomic mass is 9.94. The van der Waals surface area contributed by atoms with Gasteiger partial charge in [-0.2, -0.15) is 0 Å². The van der Waals surface area contributed by atoms with Gasteiger partial charge in [0.05, 0.1) is 36.9 Å². The number of Topliss-reactive ketones (excluding diaryl/α,β-unsaturated/α-hetero) is 1. The van der Waals surface area contributed by atoms with Crippen LogP contribution in [0, 0.1) is 0 Å². The van der Waals surface area contributed by atoms with Gasteiger partial charge in [0.2, 0.25) is 5.95 Å². The van der Waals surface area contributed by atoms with Gasteiger partial charge in [-0.15, -0.1) is 0 Å². The van der Waals surface area contributed by atoms with E-state index in [9.17, 15) is 14.7 Å². The van der Waals surface area contributed by atoms with Crippen molar-refractivity contribution in [1.29, 1.82) is 0 Å². The fourth-order valence-corrected chi connectivity index (χ4v) is 5.10. The Morgan fingerprint density at radius 2 is 1.59 bits per heavy atom. The van der Waals surface area contributed by atoms with Crippen LogP contribution in [0.2, 0.25) is 0 Å². The highest BCUT2D eigenvalue weighted by molar-refractivity contribution is 6.51. The number of methoxy groups -OCH3 is 2. The lowest BCUT2D eigenvalue weighted by molar-refractivity contribution is -0.132. The van der Waals surface area contributed by atoms with Crippen molar-refractivity contribution >= 4 is 40.1 Å². The number of fused-ring (bicyclic) bond motifs is 1. The van der Waals surface area contributed by atoms with E-state index in [2.05, 4.69) is 28.7 Å². The summed E-state index contributed by atoms with van der Waals surface area (Å²) < 4.78 is 11.0. The van der Waals surface area contributed by atoms with Crippen LogP contribution in [0.5, 0.6) is 11.5 Å². The van der Waals surface area contributed by atoms with E-state index >= 15 is 0 Å². The van der Waals surface area contributed by atoms with Crippen LogP contribution in [-0.4, -0.2) is 54.1 Å². The van der Waals surface area contributed by atoms with Crippen LogP contribution in [-0.2, 0) is 9.59 Å². The highest BCUT2D eigenvalue weighted by atomic mass is 16.5. The van der Waals surface area contributed by atoms with Gasteiger partial charge in [-0.25, -0.2) is 4.98 Å². The zero-order valence-corrected chi connectivity index (χ0v) is 22.3.